The molecule has 7 nitrogen and oxygen atoms in total. The number of nitrogens with zero attached hydrogens (tertiary/aromatic N) is 3. The molecule has 0 aliphatic carbocycles. The van der Waals surface area contributed by atoms with E-state index in [-0.39, 0.29) is 16.3 Å². The van der Waals surface area contributed by atoms with Crippen LogP contribution >= 0.6 is 0 Å². The molecular formula is C11H11N3O4S. The van der Waals surface area contributed by atoms with E-state index in [1.807, 2.05) is 0 Å². The fourth-order valence-electron chi connectivity index (χ4n) is 1.61. The minimum atomic E-state index is -3.79. The van der Waals surface area contributed by atoms with Crippen LogP contribution in [0, 0.1) is 0 Å². The van der Waals surface area contributed by atoms with Gasteiger partial charge in [0.05, 0.1) is 10.5 Å². The summed E-state index contributed by atoms with van der Waals surface area (Å²) in [6.07, 6.45) is 1.24. The van der Waals surface area contributed by atoms with E-state index in [0.29, 0.717) is 0 Å². The summed E-state index contributed by atoms with van der Waals surface area (Å²) in [4.78, 5) is 14.6. The minimum Gasteiger partial charge on any atom is -0.478 e. The molecule has 0 bridgehead atoms. The van der Waals surface area contributed by atoms with Crippen molar-refractivity contribution in [3.05, 3.63) is 42.0 Å². The topological polar surface area (TPSA) is 102 Å². The summed E-state index contributed by atoms with van der Waals surface area (Å²) in [6, 6.07) is 5.49. The molecule has 1 heterocycles. The highest BCUT2D eigenvalue weighted by atomic mass is 32.2. The number of rotatable bonds is 4. The largest absolute Gasteiger partial charge is 0.478 e. The molecular weight excluding hydrogens is 270 g/mol. The zero-order valence-corrected chi connectivity index (χ0v) is 10.8. The van der Waals surface area contributed by atoms with Crippen LogP contribution in [0.2, 0.25) is 0 Å². The van der Waals surface area contributed by atoms with Crippen molar-refractivity contribution in [2.24, 2.45) is 7.05 Å². The molecule has 0 amide bonds. The van der Waals surface area contributed by atoms with Crippen molar-refractivity contribution < 1.29 is 18.3 Å². The zero-order valence-electron chi connectivity index (χ0n) is 10.0. The zero-order chi connectivity index (χ0) is 14.0. The van der Waals surface area contributed by atoms with Gasteiger partial charge in [-0.2, -0.15) is 5.10 Å². The number of sulfone groups is 1. The molecule has 0 unspecified atom stereocenters. The van der Waals surface area contributed by atoms with Crippen molar-refractivity contribution in [1.82, 2.24) is 14.8 Å². The van der Waals surface area contributed by atoms with Crippen LogP contribution in [0.5, 0.6) is 0 Å². The van der Waals surface area contributed by atoms with Gasteiger partial charge in [-0.3, -0.25) is 4.68 Å². The molecule has 2 aromatic rings. The monoisotopic (exact) mass is 281 g/mol. The van der Waals surface area contributed by atoms with Crippen LogP contribution in [0.15, 0.2) is 35.5 Å². The molecule has 8 heteroatoms. The maximum Gasteiger partial charge on any atom is 0.337 e. The molecule has 0 spiro atoms. The lowest BCUT2D eigenvalue weighted by Gasteiger charge is -2.07. The highest BCUT2D eigenvalue weighted by Crippen LogP contribution is 2.19. The predicted molar refractivity (Wildman–Crippen MR) is 65.3 cm³/mol. The van der Waals surface area contributed by atoms with E-state index >= 15 is 0 Å². The number of carboxylic acids is 1. The van der Waals surface area contributed by atoms with Crippen molar-refractivity contribution >= 4 is 15.8 Å². The number of carbonyl (C=O) groups is 1. The number of hydrogen-bond acceptors (Lipinski definition) is 5. The van der Waals surface area contributed by atoms with E-state index in [2.05, 4.69) is 10.1 Å². The summed E-state index contributed by atoms with van der Waals surface area (Å²) >= 11 is 0. The fraction of sp³-hybridized carbons (Fsp3) is 0.182. The van der Waals surface area contributed by atoms with Crippen molar-refractivity contribution in [3.8, 4) is 0 Å². The second-order valence-electron chi connectivity index (χ2n) is 3.86. The second kappa shape index (κ2) is 4.81. The number of carboxylic acid groups (broad SMARTS) is 1. The van der Waals surface area contributed by atoms with Crippen LogP contribution in [0.25, 0.3) is 0 Å². The number of benzene rings is 1. The lowest BCUT2D eigenvalue weighted by Crippen LogP contribution is -2.13. The Morgan fingerprint density at radius 3 is 2.63 bits per heavy atom. The third-order valence-electron chi connectivity index (χ3n) is 2.58. The first-order chi connectivity index (χ1) is 8.92. The van der Waals surface area contributed by atoms with Gasteiger partial charge in [-0.05, 0) is 12.1 Å². The van der Waals surface area contributed by atoms with E-state index in [1.54, 1.807) is 7.05 Å². The second-order valence-corrected chi connectivity index (χ2v) is 5.82. The summed E-state index contributed by atoms with van der Waals surface area (Å²) in [6.45, 7) is 0. The Labute approximate surface area is 109 Å². The van der Waals surface area contributed by atoms with Gasteiger partial charge in [-0.25, -0.2) is 18.2 Å². The van der Waals surface area contributed by atoms with Gasteiger partial charge in [0.25, 0.3) is 0 Å². The molecule has 0 fully saturated rings. The van der Waals surface area contributed by atoms with Crippen LogP contribution in [0.3, 0.4) is 0 Å². The van der Waals surface area contributed by atoms with Crippen LogP contribution in [0.4, 0.5) is 0 Å². The molecule has 1 aromatic heterocycles. The predicted octanol–water partition coefficient (Wildman–Crippen LogP) is 0.487. The number of aryl methyl sites for hydroxylation is 1. The Bertz CT molecular complexity index is 721. The first-order valence-corrected chi connectivity index (χ1v) is 6.95. The molecule has 0 saturated heterocycles. The standard InChI is InChI=1S/C11H11N3O4S/c1-14-10(12-7-13-14)6-19(17,18)9-5-3-2-4-8(9)11(15)16/h2-5,7H,6H2,1H3,(H,15,16). The van der Waals surface area contributed by atoms with Gasteiger partial charge < -0.3 is 5.11 Å². The first-order valence-electron chi connectivity index (χ1n) is 5.30. The highest BCUT2D eigenvalue weighted by molar-refractivity contribution is 7.90. The number of aromatic carboxylic acids is 1. The Morgan fingerprint density at radius 2 is 2.05 bits per heavy atom. The lowest BCUT2D eigenvalue weighted by atomic mass is 10.2. The van der Waals surface area contributed by atoms with Crippen molar-refractivity contribution in [2.75, 3.05) is 0 Å². The Balaban J connectivity index is 2.46. The summed E-state index contributed by atoms with van der Waals surface area (Å²) in [7, 11) is -2.22. The average Bonchev–Trinajstić information content (AvgIpc) is 2.74. The Hall–Kier alpha value is -2.22. The Morgan fingerprint density at radius 1 is 1.37 bits per heavy atom. The summed E-state index contributed by atoms with van der Waals surface area (Å²) in [5.74, 6) is -1.43. The van der Waals surface area contributed by atoms with Crippen LogP contribution in [-0.2, 0) is 22.6 Å². The number of aromatic nitrogens is 3. The molecule has 19 heavy (non-hydrogen) atoms. The molecule has 1 aromatic carbocycles. The molecule has 2 rings (SSSR count). The normalized spacial score (nSPS) is 11.4. The molecule has 0 atom stereocenters. The van der Waals surface area contributed by atoms with Gasteiger partial charge in [0.2, 0.25) is 0 Å². The average molecular weight is 281 g/mol. The van der Waals surface area contributed by atoms with Gasteiger partial charge in [0.1, 0.15) is 17.9 Å². The maximum absolute atomic E-state index is 12.2. The molecule has 0 radical (unpaired) electrons. The molecule has 100 valence electrons. The molecule has 1 N–H and O–H groups in total. The third-order valence-corrected chi connectivity index (χ3v) is 4.24. The quantitative estimate of drug-likeness (QED) is 0.874. The minimum absolute atomic E-state index is 0.217. The highest BCUT2D eigenvalue weighted by Gasteiger charge is 2.23. The van der Waals surface area contributed by atoms with Gasteiger partial charge >= 0.3 is 5.97 Å². The van der Waals surface area contributed by atoms with Crippen LogP contribution < -0.4 is 0 Å². The van der Waals surface area contributed by atoms with Gasteiger partial charge in [-0.1, -0.05) is 12.1 Å². The molecule has 0 aliphatic rings. The summed E-state index contributed by atoms with van der Waals surface area (Å²) in [5, 5.41) is 12.8. The van der Waals surface area contributed by atoms with E-state index in [9.17, 15) is 13.2 Å². The van der Waals surface area contributed by atoms with E-state index < -0.39 is 21.6 Å². The van der Waals surface area contributed by atoms with Crippen molar-refractivity contribution in [1.29, 1.82) is 0 Å². The van der Waals surface area contributed by atoms with E-state index in [0.717, 1.165) is 0 Å². The molecule has 0 aliphatic heterocycles. The van der Waals surface area contributed by atoms with Gasteiger partial charge in [0, 0.05) is 7.05 Å². The fourth-order valence-corrected chi connectivity index (χ4v) is 3.15. The number of hydrogen-bond donors (Lipinski definition) is 1. The SMILES string of the molecule is Cn1ncnc1CS(=O)(=O)c1ccccc1C(=O)O. The smallest absolute Gasteiger partial charge is 0.337 e. The van der Waals surface area contributed by atoms with Crippen LogP contribution in [0.1, 0.15) is 16.2 Å². The van der Waals surface area contributed by atoms with Crippen molar-refractivity contribution in [3.63, 3.8) is 0 Å². The van der Waals surface area contributed by atoms with Crippen LogP contribution in [-0.4, -0.2) is 34.3 Å². The third kappa shape index (κ3) is 2.63. The summed E-state index contributed by atoms with van der Waals surface area (Å²) < 4.78 is 25.8. The summed E-state index contributed by atoms with van der Waals surface area (Å²) in [5.41, 5.74) is -0.246. The first kappa shape index (κ1) is 13.2. The van der Waals surface area contributed by atoms with Crippen molar-refractivity contribution in [2.45, 2.75) is 10.6 Å². The maximum atomic E-state index is 12.2. The van der Waals surface area contributed by atoms with E-state index in [4.69, 9.17) is 5.11 Å². The van der Waals surface area contributed by atoms with E-state index in [1.165, 1.54) is 35.3 Å². The van der Waals surface area contributed by atoms with Gasteiger partial charge in [0.15, 0.2) is 9.84 Å². The Kier molecular flexibility index (Phi) is 3.34. The van der Waals surface area contributed by atoms with Gasteiger partial charge in [-0.15, -0.1) is 0 Å². The molecule has 0 saturated carbocycles. The lowest BCUT2D eigenvalue weighted by molar-refractivity contribution is 0.0692.